The van der Waals surface area contributed by atoms with Crippen LogP contribution in [-0.4, -0.2) is 36.9 Å². The molecular weight excluding hydrogens is 416 g/mol. The zero-order valence-electron chi connectivity index (χ0n) is 13.1. The Labute approximate surface area is 154 Å². The van der Waals surface area contributed by atoms with Crippen molar-refractivity contribution in [3.05, 3.63) is 54.9 Å². The number of aromatic amines is 1. The van der Waals surface area contributed by atoms with Crippen LogP contribution in [0.2, 0.25) is 5.02 Å². The van der Waals surface area contributed by atoms with Crippen LogP contribution in [0.5, 0.6) is 5.75 Å². The van der Waals surface area contributed by atoms with Crippen LogP contribution < -0.4 is 16.0 Å². The third-order valence-corrected chi connectivity index (χ3v) is 4.47. The van der Waals surface area contributed by atoms with Gasteiger partial charge in [-0.05, 0) is 40.2 Å². The van der Waals surface area contributed by atoms with Crippen LogP contribution in [0.15, 0.2) is 38.6 Å². The van der Waals surface area contributed by atoms with Gasteiger partial charge in [0.1, 0.15) is 18.5 Å². The Morgan fingerprint density at radius 3 is 2.72 bits per heavy atom. The molecule has 0 bridgehead atoms. The average Bonchev–Trinajstić information content (AvgIpc) is 2.89. The highest BCUT2D eigenvalue weighted by Crippen LogP contribution is 2.18. The quantitative estimate of drug-likeness (QED) is 0.595. The summed E-state index contributed by atoms with van der Waals surface area (Å²) in [5, 5.41) is 10.8. The normalized spacial score (nSPS) is 12.5. The van der Waals surface area contributed by atoms with Gasteiger partial charge in [0.15, 0.2) is 15.9 Å². The van der Waals surface area contributed by atoms with Gasteiger partial charge in [0.25, 0.3) is 5.56 Å². The molecule has 3 rings (SSSR count). The predicted octanol–water partition coefficient (Wildman–Crippen LogP) is 1.28. The van der Waals surface area contributed by atoms with Crippen LogP contribution in [0.1, 0.15) is 0 Å². The molecular formula is C15H14BrClN4O4. The highest BCUT2D eigenvalue weighted by Gasteiger charge is 2.18. The minimum Gasteiger partial charge on any atom is -0.491 e. The molecule has 0 fully saturated rings. The van der Waals surface area contributed by atoms with Crippen molar-refractivity contribution >= 4 is 38.7 Å². The zero-order valence-corrected chi connectivity index (χ0v) is 15.4. The molecule has 0 amide bonds. The number of fused-ring (bicyclic) bond motifs is 1. The molecule has 2 heterocycles. The van der Waals surface area contributed by atoms with Crippen molar-refractivity contribution in [3.63, 3.8) is 0 Å². The average molecular weight is 430 g/mol. The number of halogens is 2. The molecule has 0 aliphatic carbocycles. The SMILES string of the molecule is Cn1c(=O)[nH]c(=O)c2c1nc(Br)n2C[C@@H](O)COc1ccc(Cl)cc1. The summed E-state index contributed by atoms with van der Waals surface area (Å²) in [6.07, 6.45) is -0.902. The van der Waals surface area contributed by atoms with Gasteiger partial charge < -0.3 is 14.4 Å². The maximum Gasteiger partial charge on any atom is 0.329 e. The van der Waals surface area contributed by atoms with Gasteiger partial charge >= 0.3 is 5.69 Å². The van der Waals surface area contributed by atoms with Crippen LogP contribution >= 0.6 is 27.5 Å². The Balaban J connectivity index is 1.81. The smallest absolute Gasteiger partial charge is 0.329 e. The summed E-state index contributed by atoms with van der Waals surface area (Å²) in [5.74, 6) is 0.568. The monoisotopic (exact) mass is 428 g/mol. The van der Waals surface area contributed by atoms with Gasteiger partial charge in [0.05, 0.1) is 6.54 Å². The molecule has 0 saturated heterocycles. The first-order chi connectivity index (χ1) is 11.9. The standard InChI is InChI=1S/C15H14BrClN4O4/c1-20-12-11(13(23)19-15(20)24)21(14(16)18-12)6-9(22)7-25-10-4-2-8(17)3-5-10/h2-5,9,22H,6-7H2,1H3,(H,19,23,24)/t9-/m1/s1. The van der Waals surface area contributed by atoms with Crippen molar-refractivity contribution in [1.82, 2.24) is 19.1 Å². The molecule has 10 heteroatoms. The van der Waals surface area contributed by atoms with Gasteiger partial charge in [-0.15, -0.1) is 0 Å². The third-order valence-electron chi connectivity index (χ3n) is 3.61. The molecule has 1 aromatic carbocycles. The Morgan fingerprint density at radius 1 is 1.36 bits per heavy atom. The number of ether oxygens (including phenoxy) is 1. The van der Waals surface area contributed by atoms with E-state index in [0.717, 1.165) is 0 Å². The minimum absolute atomic E-state index is 0.0113. The molecule has 1 atom stereocenters. The van der Waals surface area contributed by atoms with Gasteiger partial charge in [-0.3, -0.25) is 14.3 Å². The van der Waals surface area contributed by atoms with Gasteiger partial charge in [-0.25, -0.2) is 9.78 Å². The van der Waals surface area contributed by atoms with E-state index in [-0.39, 0.29) is 24.3 Å². The van der Waals surface area contributed by atoms with Crippen molar-refractivity contribution in [2.24, 2.45) is 7.05 Å². The van der Waals surface area contributed by atoms with E-state index < -0.39 is 17.4 Å². The summed E-state index contributed by atoms with van der Waals surface area (Å²) in [6.45, 7) is 0.0728. The summed E-state index contributed by atoms with van der Waals surface area (Å²) in [7, 11) is 1.50. The molecule has 0 spiro atoms. The van der Waals surface area contributed by atoms with Gasteiger partial charge in [0, 0.05) is 12.1 Å². The maximum absolute atomic E-state index is 12.1. The lowest BCUT2D eigenvalue weighted by molar-refractivity contribution is 0.0928. The Bertz CT molecular complexity index is 1020. The molecule has 8 nitrogen and oxygen atoms in total. The maximum atomic E-state index is 12.1. The Kier molecular flexibility index (Phi) is 4.98. The summed E-state index contributed by atoms with van der Waals surface area (Å²) >= 11 is 9.06. The highest BCUT2D eigenvalue weighted by molar-refractivity contribution is 9.10. The summed E-state index contributed by atoms with van der Waals surface area (Å²) < 4.78 is 8.55. The molecule has 0 aliphatic rings. The Hall–Kier alpha value is -2.10. The van der Waals surface area contributed by atoms with Crippen LogP contribution in [0.25, 0.3) is 11.2 Å². The number of benzene rings is 1. The van der Waals surface area contributed by atoms with Crippen molar-refractivity contribution < 1.29 is 9.84 Å². The fourth-order valence-electron chi connectivity index (χ4n) is 2.36. The van der Waals surface area contributed by atoms with E-state index in [1.54, 1.807) is 24.3 Å². The number of aromatic nitrogens is 4. The lowest BCUT2D eigenvalue weighted by atomic mass is 10.3. The largest absolute Gasteiger partial charge is 0.491 e. The number of imidazole rings is 1. The number of hydrogen-bond donors (Lipinski definition) is 2. The number of aliphatic hydroxyl groups excluding tert-OH is 1. The van der Waals surface area contributed by atoms with Crippen molar-refractivity contribution in [2.45, 2.75) is 12.6 Å². The van der Waals surface area contributed by atoms with Gasteiger partial charge in [-0.1, -0.05) is 11.6 Å². The summed E-state index contributed by atoms with van der Waals surface area (Å²) in [6, 6.07) is 6.75. The summed E-state index contributed by atoms with van der Waals surface area (Å²) in [5.41, 5.74) is -0.700. The molecule has 132 valence electrons. The fraction of sp³-hybridized carbons (Fsp3) is 0.267. The van der Waals surface area contributed by atoms with E-state index >= 15 is 0 Å². The highest BCUT2D eigenvalue weighted by atomic mass is 79.9. The van der Waals surface area contributed by atoms with Crippen LogP contribution in [0.4, 0.5) is 0 Å². The lowest BCUT2D eigenvalue weighted by Crippen LogP contribution is -2.30. The van der Waals surface area contributed by atoms with Crippen LogP contribution in [0.3, 0.4) is 0 Å². The number of aryl methyl sites for hydroxylation is 1. The van der Waals surface area contributed by atoms with Crippen molar-refractivity contribution in [1.29, 1.82) is 0 Å². The molecule has 0 radical (unpaired) electrons. The van der Waals surface area contributed by atoms with Crippen molar-refractivity contribution in [3.8, 4) is 5.75 Å². The molecule has 2 aromatic heterocycles. The number of rotatable bonds is 5. The van der Waals surface area contributed by atoms with Gasteiger partial charge in [-0.2, -0.15) is 0 Å². The molecule has 0 aliphatic heterocycles. The van der Waals surface area contributed by atoms with E-state index in [9.17, 15) is 14.7 Å². The Morgan fingerprint density at radius 2 is 2.04 bits per heavy atom. The zero-order chi connectivity index (χ0) is 18.1. The predicted molar refractivity (Wildman–Crippen MR) is 96.2 cm³/mol. The van der Waals surface area contributed by atoms with E-state index in [0.29, 0.717) is 15.5 Å². The van der Waals surface area contributed by atoms with Gasteiger partial charge in [0.2, 0.25) is 0 Å². The second-order valence-electron chi connectivity index (χ2n) is 5.40. The first kappa shape index (κ1) is 17.7. The number of H-pyrrole nitrogens is 1. The molecule has 0 saturated carbocycles. The number of hydrogen-bond acceptors (Lipinski definition) is 5. The van der Waals surface area contributed by atoms with Crippen molar-refractivity contribution in [2.75, 3.05) is 6.61 Å². The number of nitrogens with one attached hydrogen (secondary N) is 1. The third kappa shape index (κ3) is 3.63. The van der Waals surface area contributed by atoms with Crippen LogP contribution in [-0.2, 0) is 13.6 Å². The number of nitrogens with zero attached hydrogens (tertiary/aromatic N) is 3. The molecule has 25 heavy (non-hydrogen) atoms. The topological polar surface area (TPSA) is 102 Å². The molecule has 0 unspecified atom stereocenters. The minimum atomic E-state index is -0.902. The second-order valence-corrected chi connectivity index (χ2v) is 6.55. The van der Waals surface area contributed by atoms with E-state index in [1.165, 1.54) is 16.2 Å². The first-order valence-electron chi connectivity index (χ1n) is 7.28. The lowest BCUT2D eigenvalue weighted by Gasteiger charge is -2.14. The summed E-state index contributed by atoms with van der Waals surface area (Å²) in [4.78, 5) is 30.1. The molecule has 3 aromatic rings. The molecule has 2 N–H and O–H groups in total. The second kappa shape index (κ2) is 7.03. The first-order valence-corrected chi connectivity index (χ1v) is 8.45. The van der Waals surface area contributed by atoms with Crippen LogP contribution in [0, 0.1) is 0 Å². The van der Waals surface area contributed by atoms with E-state index in [4.69, 9.17) is 16.3 Å². The number of aliphatic hydroxyl groups is 1. The van der Waals surface area contributed by atoms with E-state index in [2.05, 4.69) is 25.9 Å². The fourth-order valence-corrected chi connectivity index (χ4v) is 2.98. The van der Waals surface area contributed by atoms with E-state index in [1.807, 2.05) is 0 Å².